The predicted molar refractivity (Wildman–Crippen MR) is 103 cm³/mol. The number of rotatable bonds is 13. The minimum atomic E-state index is -0.896. The van der Waals surface area contributed by atoms with E-state index in [1.54, 1.807) is 0 Å². The van der Waals surface area contributed by atoms with Gasteiger partial charge in [0.25, 0.3) is 11.8 Å². The van der Waals surface area contributed by atoms with Gasteiger partial charge in [-0.2, -0.15) is 0 Å². The molecule has 0 spiro atoms. The Kier molecular flexibility index (Phi) is 10.1. The molecule has 1 fully saturated rings. The summed E-state index contributed by atoms with van der Waals surface area (Å²) < 4.78 is 0. The molecule has 1 aliphatic heterocycles. The number of hydrogen-bond donors (Lipinski definition) is 3. The lowest BCUT2D eigenvalue weighted by atomic mass is 9.96. The van der Waals surface area contributed by atoms with Gasteiger partial charge in [-0.25, -0.2) is 4.79 Å². The van der Waals surface area contributed by atoms with Gasteiger partial charge in [0.2, 0.25) is 5.91 Å². The van der Waals surface area contributed by atoms with Crippen molar-refractivity contribution in [3.63, 3.8) is 0 Å². The molecule has 0 aromatic carbocycles. The number of imide groups is 1. The summed E-state index contributed by atoms with van der Waals surface area (Å²) in [5.74, 6) is -3.87. The number of nitrogens with one attached hydrogen (secondary N) is 1. The highest BCUT2D eigenvalue weighted by atomic mass is 16.7. The van der Waals surface area contributed by atoms with Crippen LogP contribution in [0.3, 0.4) is 0 Å². The molecule has 0 aliphatic carbocycles. The highest BCUT2D eigenvalue weighted by Crippen LogP contribution is 2.14. The van der Waals surface area contributed by atoms with Gasteiger partial charge < -0.3 is 26.4 Å². The van der Waals surface area contributed by atoms with Crippen LogP contribution in [0.25, 0.3) is 0 Å². The van der Waals surface area contributed by atoms with Crippen LogP contribution in [0.2, 0.25) is 0 Å². The van der Waals surface area contributed by atoms with E-state index in [0.717, 1.165) is 0 Å². The average molecular weight is 425 g/mol. The third-order valence-corrected chi connectivity index (χ3v) is 4.18. The highest BCUT2D eigenvalue weighted by molar-refractivity contribution is 6.01. The smallest absolute Gasteiger partial charge is 0.333 e. The molecule has 0 aromatic heterocycles. The molecule has 12 heteroatoms. The molecule has 166 valence electrons. The van der Waals surface area contributed by atoms with E-state index in [4.69, 9.17) is 11.5 Å². The van der Waals surface area contributed by atoms with E-state index in [1.807, 2.05) is 0 Å². The molecule has 0 bridgehead atoms. The number of guanidine groups is 1. The van der Waals surface area contributed by atoms with Gasteiger partial charge in [-0.05, 0) is 19.8 Å². The topological polar surface area (TPSA) is 191 Å². The van der Waals surface area contributed by atoms with Gasteiger partial charge >= 0.3 is 5.97 Å². The van der Waals surface area contributed by atoms with Gasteiger partial charge in [0.15, 0.2) is 11.7 Å². The summed E-state index contributed by atoms with van der Waals surface area (Å²) in [6.07, 6.45) is 0.233. The van der Waals surface area contributed by atoms with Crippen LogP contribution in [0.5, 0.6) is 0 Å². The zero-order chi connectivity index (χ0) is 22.7. The molecule has 1 heterocycles. The number of amides is 3. The number of aliphatic imine (C=N–C) groups is 1. The summed E-state index contributed by atoms with van der Waals surface area (Å²) in [5, 5.41) is 2.86. The minimum absolute atomic E-state index is 0.0199. The Morgan fingerprint density at radius 1 is 1.13 bits per heavy atom. The van der Waals surface area contributed by atoms with Crippen LogP contribution < -0.4 is 16.8 Å². The Morgan fingerprint density at radius 3 is 2.33 bits per heavy atom. The zero-order valence-electron chi connectivity index (χ0n) is 16.8. The number of nitrogens with two attached hydrogens (primary N) is 2. The molecule has 1 rings (SSSR count). The van der Waals surface area contributed by atoms with Crippen LogP contribution in [-0.4, -0.2) is 59.4 Å². The van der Waals surface area contributed by atoms with E-state index in [9.17, 15) is 28.8 Å². The number of carbonyl (C=O) groups is 6. The second-order valence-corrected chi connectivity index (χ2v) is 6.85. The maximum Gasteiger partial charge on any atom is 0.333 e. The zero-order valence-corrected chi connectivity index (χ0v) is 16.8. The fraction of sp³-hybridized carbons (Fsp3) is 0.611. The number of ketones is 2. The fourth-order valence-corrected chi connectivity index (χ4v) is 2.68. The van der Waals surface area contributed by atoms with E-state index in [1.165, 1.54) is 6.92 Å². The van der Waals surface area contributed by atoms with Gasteiger partial charge in [0.05, 0.1) is 13.0 Å². The molecule has 0 radical (unpaired) electrons. The molecule has 1 saturated heterocycles. The van der Waals surface area contributed by atoms with E-state index < -0.39 is 35.4 Å². The van der Waals surface area contributed by atoms with Crippen molar-refractivity contribution in [2.75, 3.05) is 13.1 Å². The number of Topliss-reactive ketones (excluding diaryl/α,β-unsaturated/α-hetero) is 2. The van der Waals surface area contributed by atoms with Crippen molar-refractivity contribution in [3.8, 4) is 0 Å². The maximum absolute atomic E-state index is 12.3. The first-order valence-corrected chi connectivity index (χ1v) is 9.51. The van der Waals surface area contributed by atoms with Crippen LogP contribution in [0.4, 0.5) is 0 Å². The lowest BCUT2D eigenvalue weighted by molar-refractivity contribution is -0.197. The summed E-state index contributed by atoms with van der Waals surface area (Å²) in [6.45, 7) is 1.35. The van der Waals surface area contributed by atoms with Crippen molar-refractivity contribution in [3.05, 3.63) is 0 Å². The maximum atomic E-state index is 12.3. The van der Waals surface area contributed by atoms with Crippen molar-refractivity contribution < 1.29 is 33.6 Å². The summed E-state index contributed by atoms with van der Waals surface area (Å²) in [7, 11) is 0. The van der Waals surface area contributed by atoms with Crippen LogP contribution in [0, 0.1) is 5.92 Å². The number of nitrogens with zero attached hydrogens (tertiary/aromatic N) is 2. The fourth-order valence-electron chi connectivity index (χ4n) is 2.68. The monoisotopic (exact) mass is 425 g/mol. The molecule has 1 atom stereocenters. The first-order valence-electron chi connectivity index (χ1n) is 9.51. The highest BCUT2D eigenvalue weighted by Gasteiger charge is 2.32. The molecule has 0 aromatic rings. The van der Waals surface area contributed by atoms with Crippen LogP contribution in [-0.2, 0) is 33.6 Å². The third-order valence-electron chi connectivity index (χ3n) is 4.18. The second-order valence-electron chi connectivity index (χ2n) is 6.85. The summed E-state index contributed by atoms with van der Waals surface area (Å²) in [5.41, 5.74) is 10.5. The van der Waals surface area contributed by atoms with Gasteiger partial charge in [-0.15, -0.1) is 5.06 Å². The Hall–Kier alpha value is -3.31. The standard InChI is InChI=1S/C18H27N5O7/c1-11(24)9-12(3-2-8-21-18(19)20)17(29)22-10-13(25)4-7-16(28)30-23-14(26)5-6-15(23)27/h12H,2-10H2,1H3,(H,22,29)(H4,19,20,21). The van der Waals surface area contributed by atoms with E-state index in [-0.39, 0.29) is 50.4 Å². The number of hydroxylamine groups is 2. The van der Waals surface area contributed by atoms with Gasteiger partial charge in [-0.1, -0.05) is 0 Å². The largest absolute Gasteiger partial charge is 0.370 e. The van der Waals surface area contributed by atoms with Gasteiger partial charge in [0.1, 0.15) is 5.78 Å². The van der Waals surface area contributed by atoms with Gasteiger partial charge in [-0.3, -0.25) is 24.2 Å². The van der Waals surface area contributed by atoms with E-state index in [2.05, 4.69) is 15.1 Å². The number of carbonyl (C=O) groups excluding carboxylic acids is 6. The average Bonchev–Trinajstić information content (AvgIpc) is 2.98. The quantitative estimate of drug-likeness (QED) is 0.139. The van der Waals surface area contributed by atoms with Gasteiger partial charge in [0, 0.05) is 38.1 Å². The third kappa shape index (κ3) is 9.26. The predicted octanol–water partition coefficient (Wildman–Crippen LogP) is -1.29. The lowest BCUT2D eigenvalue weighted by Crippen LogP contribution is -2.36. The van der Waals surface area contributed by atoms with Crippen molar-refractivity contribution in [2.45, 2.75) is 51.9 Å². The lowest BCUT2D eigenvalue weighted by Gasteiger charge is -2.15. The van der Waals surface area contributed by atoms with E-state index in [0.29, 0.717) is 24.4 Å². The Balaban J connectivity index is 2.38. The Morgan fingerprint density at radius 2 is 1.77 bits per heavy atom. The SMILES string of the molecule is CC(=O)CC(CCCN=C(N)N)C(=O)NCC(=O)CCC(=O)ON1C(=O)CCC1=O. The second kappa shape index (κ2) is 12.3. The summed E-state index contributed by atoms with van der Waals surface area (Å²) in [6, 6.07) is 0. The Labute approximate surface area is 173 Å². The molecule has 1 unspecified atom stereocenters. The van der Waals surface area contributed by atoms with Crippen molar-refractivity contribution in [1.82, 2.24) is 10.4 Å². The summed E-state index contributed by atoms with van der Waals surface area (Å²) in [4.78, 5) is 78.5. The minimum Gasteiger partial charge on any atom is -0.370 e. The molecular formula is C18H27N5O7. The van der Waals surface area contributed by atoms with Crippen LogP contribution in [0.1, 0.15) is 51.9 Å². The first kappa shape index (κ1) is 24.7. The summed E-state index contributed by atoms with van der Waals surface area (Å²) >= 11 is 0. The molecule has 0 saturated carbocycles. The Bertz CT molecular complexity index is 714. The van der Waals surface area contributed by atoms with Crippen molar-refractivity contribution in [2.24, 2.45) is 22.4 Å². The normalized spacial score (nSPS) is 14.2. The molecule has 1 aliphatic rings. The molecular weight excluding hydrogens is 398 g/mol. The van der Waals surface area contributed by atoms with Crippen LogP contribution >= 0.6 is 0 Å². The van der Waals surface area contributed by atoms with Crippen molar-refractivity contribution in [1.29, 1.82) is 0 Å². The molecule has 3 amide bonds. The van der Waals surface area contributed by atoms with E-state index >= 15 is 0 Å². The number of hydrogen-bond acceptors (Lipinski definition) is 8. The molecule has 5 N–H and O–H groups in total. The van der Waals surface area contributed by atoms with Crippen LogP contribution in [0.15, 0.2) is 4.99 Å². The first-order chi connectivity index (χ1) is 14.1. The van der Waals surface area contributed by atoms with Crippen molar-refractivity contribution >= 4 is 41.2 Å². The molecule has 12 nitrogen and oxygen atoms in total. The molecule has 30 heavy (non-hydrogen) atoms.